The Balaban J connectivity index is 2.86. The Kier molecular flexibility index (Phi) is 12.2. The molecule has 0 unspecified atom stereocenters. The van der Waals surface area contributed by atoms with E-state index >= 15 is 0 Å². The van der Waals surface area contributed by atoms with Crippen molar-refractivity contribution in [2.75, 3.05) is 27.8 Å². The molecule has 8 nitrogen and oxygen atoms in total. The van der Waals surface area contributed by atoms with Crippen LogP contribution >= 0.6 is 0 Å². The number of hydrogen-bond acceptors (Lipinski definition) is 7. The van der Waals surface area contributed by atoms with Gasteiger partial charge >= 0.3 is 5.97 Å². The van der Waals surface area contributed by atoms with Crippen LogP contribution in [0.3, 0.4) is 0 Å². The third kappa shape index (κ3) is 10.7. The molecule has 1 N–H and O–H groups in total. The van der Waals surface area contributed by atoms with Crippen LogP contribution in [-0.4, -0.2) is 77.7 Å². The molecule has 1 fully saturated rings. The molecule has 0 aliphatic carbocycles. The van der Waals surface area contributed by atoms with E-state index in [0.29, 0.717) is 19.3 Å². The van der Waals surface area contributed by atoms with Crippen molar-refractivity contribution in [1.29, 1.82) is 0 Å². The molecule has 0 aromatic heterocycles. The molecule has 1 aliphatic heterocycles. The lowest BCUT2D eigenvalue weighted by Crippen LogP contribution is -2.48. The van der Waals surface area contributed by atoms with Crippen molar-refractivity contribution < 1.29 is 38.0 Å². The lowest BCUT2D eigenvalue weighted by Gasteiger charge is -2.43. The van der Waals surface area contributed by atoms with E-state index < -0.39 is 14.3 Å². The molecule has 1 rings (SSSR count). The van der Waals surface area contributed by atoms with Gasteiger partial charge in [0.25, 0.3) is 0 Å². The van der Waals surface area contributed by atoms with E-state index in [9.17, 15) is 9.90 Å². The van der Waals surface area contributed by atoms with Crippen LogP contribution in [0.5, 0.6) is 0 Å². The van der Waals surface area contributed by atoms with Gasteiger partial charge in [-0.3, -0.25) is 4.79 Å². The van der Waals surface area contributed by atoms with Crippen molar-refractivity contribution in [3.05, 3.63) is 0 Å². The number of carboxylic acids is 1. The van der Waals surface area contributed by atoms with Crippen LogP contribution in [0.15, 0.2) is 0 Å². The SMILES string of the molecule is COCO[C@H](C[C@H]1C[C@H](O[Si](C)(C)C(C)(C)C)C[C@H](CC(=O)O)O1)C[C@H](C)OCOC. The number of methoxy groups -OCH3 is 2. The molecule has 9 heteroatoms. The smallest absolute Gasteiger partial charge is 0.305 e. The summed E-state index contributed by atoms with van der Waals surface area (Å²) in [4.78, 5) is 11.4. The lowest BCUT2D eigenvalue weighted by molar-refractivity contribution is -0.154. The summed E-state index contributed by atoms with van der Waals surface area (Å²) in [5, 5.41) is 9.40. The molecule has 1 heterocycles. The number of carboxylic acid groups (broad SMARTS) is 1. The van der Waals surface area contributed by atoms with Crippen LogP contribution < -0.4 is 0 Å². The highest BCUT2D eigenvalue weighted by atomic mass is 28.4. The molecule has 0 saturated carbocycles. The van der Waals surface area contributed by atoms with E-state index in [1.54, 1.807) is 14.2 Å². The van der Waals surface area contributed by atoms with E-state index in [1.165, 1.54) is 0 Å². The summed E-state index contributed by atoms with van der Waals surface area (Å²) in [5.74, 6) is -0.856. The largest absolute Gasteiger partial charge is 0.481 e. The molecule has 5 atom stereocenters. The highest BCUT2D eigenvalue weighted by Gasteiger charge is 2.42. The Labute approximate surface area is 189 Å². The van der Waals surface area contributed by atoms with Gasteiger partial charge in [-0.25, -0.2) is 0 Å². The first-order chi connectivity index (χ1) is 14.4. The van der Waals surface area contributed by atoms with E-state index in [4.69, 9.17) is 28.1 Å². The second-order valence-electron chi connectivity index (χ2n) is 10.00. The van der Waals surface area contributed by atoms with Gasteiger partial charge in [0.2, 0.25) is 0 Å². The molecule has 0 amide bonds. The standard InChI is InChI=1S/C22H44O8Si/c1-16(27-14-25-5)9-17(28-15-26-6)10-18-11-20(12-19(29-18)13-21(23)24)30-31(7,8)22(2,3)4/h16-20H,9-15H2,1-8H3,(H,23,24)/t16-,17-,18-,19+,20-/m0/s1. The van der Waals surface area contributed by atoms with Gasteiger partial charge in [-0.05, 0) is 44.3 Å². The Hall–Kier alpha value is -0.553. The molecule has 0 spiro atoms. The first-order valence-corrected chi connectivity index (χ1v) is 14.0. The zero-order chi connectivity index (χ0) is 23.7. The predicted molar refractivity (Wildman–Crippen MR) is 121 cm³/mol. The Morgan fingerprint density at radius 3 is 2.23 bits per heavy atom. The molecular weight excluding hydrogens is 420 g/mol. The molecule has 31 heavy (non-hydrogen) atoms. The number of rotatable bonds is 14. The average molecular weight is 465 g/mol. The van der Waals surface area contributed by atoms with Crippen LogP contribution in [-0.2, 0) is 32.9 Å². The van der Waals surface area contributed by atoms with E-state index in [0.717, 1.165) is 6.42 Å². The van der Waals surface area contributed by atoms with Gasteiger partial charge in [-0.15, -0.1) is 0 Å². The normalized spacial score (nSPS) is 24.7. The molecule has 0 bridgehead atoms. The van der Waals surface area contributed by atoms with Gasteiger partial charge in [0, 0.05) is 26.7 Å². The topological polar surface area (TPSA) is 92.7 Å². The van der Waals surface area contributed by atoms with Crippen molar-refractivity contribution in [1.82, 2.24) is 0 Å². The van der Waals surface area contributed by atoms with E-state index in [2.05, 4.69) is 33.9 Å². The second-order valence-corrected chi connectivity index (χ2v) is 14.8. The Bertz CT molecular complexity index is 522. The lowest BCUT2D eigenvalue weighted by atomic mass is 9.94. The highest BCUT2D eigenvalue weighted by Crippen LogP contribution is 2.40. The first kappa shape index (κ1) is 28.5. The fourth-order valence-electron chi connectivity index (χ4n) is 3.55. The first-order valence-electron chi connectivity index (χ1n) is 11.1. The van der Waals surface area contributed by atoms with Crippen LogP contribution in [0.1, 0.15) is 59.8 Å². The zero-order valence-corrected chi connectivity index (χ0v) is 21.6. The molecule has 1 saturated heterocycles. The summed E-state index contributed by atoms with van der Waals surface area (Å²) >= 11 is 0. The summed E-state index contributed by atoms with van der Waals surface area (Å²) in [5.41, 5.74) is 0. The van der Waals surface area contributed by atoms with Gasteiger partial charge in [0.05, 0.1) is 30.8 Å². The maximum atomic E-state index is 11.4. The summed E-state index contributed by atoms with van der Waals surface area (Å²) < 4.78 is 34.4. The molecular formula is C22H44O8Si. The third-order valence-corrected chi connectivity index (χ3v) is 10.7. The number of ether oxygens (including phenoxy) is 5. The minimum atomic E-state index is -1.98. The van der Waals surface area contributed by atoms with Crippen LogP contribution in [0.4, 0.5) is 0 Å². The summed E-state index contributed by atoms with van der Waals surface area (Å²) in [6.07, 6.45) is 1.85. The quantitative estimate of drug-likeness (QED) is 0.302. The molecule has 184 valence electrons. The maximum Gasteiger partial charge on any atom is 0.305 e. The number of carbonyl (C=O) groups is 1. The van der Waals surface area contributed by atoms with Crippen molar-refractivity contribution in [3.63, 3.8) is 0 Å². The summed E-state index contributed by atoms with van der Waals surface area (Å²) in [6.45, 7) is 13.5. The van der Waals surface area contributed by atoms with Gasteiger partial charge in [-0.2, -0.15) is 0 Å². The maximum absolute atomic E-state index is 11.4. The van der Waals surface area contributed by atoms with E-state index in [1.807, 2.05) is 6.92 Å². The highest BCUT2D eigenvalue weighted by molar-refractivity contribution is 6.74. The van der Waals surface area contributed by atoms with Crippen molar-refractivity contribution in [2.24, 2.45) is 0 Å². The second kappa shape index (κ2) is 13.2. The van der Waals surface area contributed by atoms with Gasteiger partial charge in [0.15, 0.2) is 8.32 Å². The predicted octanol–water partition coefficient (Wildman–Crippen LogP) is 4.18. The van der Waals surface area contributed by atoms with E-state index in [-0.39, 0.29) is 55.6 Å². The molecule has 0 radical (unpaired) electrons. The molecule has 1 aliphatic rings. The zero-order valence-electron chi connectivity index (χ0n) is 20.6. The van der Waals surface area contributed by atoms with Crippen molar-refractivity contribution in [3.8, 4) is 0 Å². The molecule has 0 aromatic carbocycles. The Morgan fingerprint density at radius 1 is 1.10 bits per heavy atom. The van der Waals surface area contributed by atoms with Crippen LogP contribution in [0, 0.1) is 0 Å². The van der Waals surface area contributed by atoms with Crippen molar-refractivity contribution >= 4 is 14.3 Å². The average Bonchev–Trinajstić information content (AvgIpc) is 2.62. The number of aliphatic carboxylic acids is 1. The van der Waals surface area contributed by atoms with Gasteiger partial charge in [0.1, 0.15) is 13.6 Å². The fraction of sp³-hybridized carbons (Fsp3) is 0.955. The van der Waals surface area contributed by atoms with Crippen LogP contribution in [0.2, 0.25) is 18.1 Å². The number of hydrogen-bond donors (Lipinski definition) is 1. The minimum absolute atomic E-state index is 0.0192. The van der Waals surface area contributed by atoms with Crippen LogP contribution in [0.25, 0.3) is 0 Å². The summed E-state index contributed by atoms with van der Waals surface area (Å²) in [7, 11) is 1.20. The van der Waals surface area contributed by atoms with Gasteiger partial charge < -0.3 is 33.2 Å². The Morgan fingerprint density at radius 2 is 1.68 bits per heavy atom. The van der Waals surface area contributed by atoms with Gasteiger partial charge in [-0.1, -0.05) is 20.8 Å². The fourth-order valence-corrected chi connectivity index (χ4v) is 4.93. The third-order valence-electron chi connectivity index (χ3n) is 6.12. The minimum Gasteiger partial charge on any atom is -0.481 e. The summed E-state index contributed by atoms with van der Waals surface area (Å²) in [6, 6.07) is 0. The molecule has 0 aromatic rings. The monoisotopic (exact) mass is 464 g/mol. The van der Waals surface area contributed by atoms with Crippen molar-refractivity contribution in [2.45, 2.75) is 108 Å².